The molecule has 3 rings (SSSR count). The molecule has 0 radical (unpaired) electrons. The summed E-state index contributed by atoms with van der Waals surface area (Å²) in [5.74, 6) is 0.434. The van der Waals surface area contributed by atoms with E-state index in [0.29, 0.717) is 18.5 Å². The van der Waals surface area contributed by atoms with Crippen LogP contribution in [0.3, 0.4) is 0 Å². The van der Waals surface area contributed by atoms with Gasteiger partial charge in [-0.1, -0.05) is 36.8 Å². The minimum Gasteiger partial charge on any atom is -0.487 e. The fraction of sp³-hybridized carbons (Fsp3) is 0.458. The van der Waals surface area contributed by atoms with E-state index in [4.69, 9.17) is 4.74 Å². The van der Waals surface area contributed by atoms with Crippen LogP contribution in [0.15, 0.2) is 42.5 Å². The van der Waals surface area contributed by atoms with Gasteiger partial charge >= 0.3 is 0 Å². The van der Waals surface area contributed by atoms with Crippen molar-refractivity contribution < 1.29 is 17.9 Å². The first kappa shape index (κ1) is 23.1. The summed E-state index contributed by atoms with van der Waals surface area (Å²) < 4.78 is 32.8. The van der Waals surface area contributed by atoms with Crippen LogP contribution in [0.2, 0.25) is 0 Å². The molecule has 1 heterocycles. The van der Waals surface area contributed by atoms with Gasteiger partial charge in [0.1, 0.15) is 17.4 Å². The first-order valence-corrected chi connectivity index (χ1v) is 12.4. The lowest BCUT2D eigenvalue weighted by atomic mass is 9.88. The van der Waals surface area contributed by atoms with Gasteiger partial charge in [-0.2, -0.15) is 0 Å². The standard InChI is InChI=1S/C24H32N2O4S/c1-7-21(26(31(6,28)29)18-10-8-9-16(2)13-18)23(27)25-20-15-24(4,5)30-22-12-11-17(3)14-19(20)22/h8-14,20-21H,7,15H2,1-6H3,(H,25,27). The highest BCUT2D eigenvalue weighted by Crippen LogP contribution is 2.40. The van der Waals surface area contributed by atoms with Crippen molar-refractivity contribution in [3.05, 3.63) is 59.2 Å². The van der Waals surface area contributed by atoms with Gasteiger partial charge in [0.2, 0.25) is 15.9 Å². The first-order chi connectivity index (χ1) is 14.4. The lowest BCUT2D eigenvalue weighted by Crippen LogP contribution is -2.51. The Hall–Kier alpha value is -2.54. The van der Waals surface area contributed by atoms with E-state index in [2.05, 4.69) is 5.32 Å². The van der Waals surface area contributed by atoms with Crippen molar-refractivity contribution in [3.8, 4) is 5.75 Å². The van der Waals surface area contributed by atoms with Crippen LogP contribution >= 0.6 is 0 Å². The summed E-state index contributed by atoms with van der Waals surface area (Å²) >= 11 is 0. The van der Waals surface area contributed by atoms with Crippen LogP contribution in [0.25, 0.3) is 0 Å². The Morgan fingerprint density at radius 2 is 1.87 bits per heavy atom. The van der Waals surface area contributed by atoms with Crippen molar-refractivity contribution in [2.45, 2.75) is 65.1 Å². The van der Waals surface area contributed by atoms with Gasteiger partial charge in [0.15, 0.2) is 0 Å². The van der Waals surface area contributed by atoms with Crippen molar-refractivity contribution in [3.63, 3.8) is 0 Å². The van der Waals surface area contributed by atoms with Crippen LogP contribution in [0, 0.1) is 13.8 Å². The topological polar surface area (TPSA) is 75.7 Å². The highest BCUT2D eigenvalue weighted by atomic mass is 32.2. The summed E-state index contributed by atoms with van der Waals surface area (Å²) in [5.41, 5.74) is 2.97. The highest BCUT2D eigenvalue weighted by Gasteiger charge is 2.37. The van der Waals surface area contributed by atoms with Crippen LogP contribution in [-0.4, -0.2) is 32.2 Å². The number of hydrogen-bond acceptors (Lipinski definition) is 4. The van der Waals surface area contributed by atoms with Crippen molar-refractivity contribution >= 4 is 21.6 Å². The molecule has 2 aromatic rings. The van der Waals surface area contributed by atoms with Crippen LogP contribution in [0.4, 0.5) is 5.69 Å². The molecule has 2 unspecified atom stereocenters. The second kappa shape index (κ2) is 8.54. The monoisotopic (exact) mass is 444 g/mol. The van der Waals surface area contributed by atoms with Gasteiger partial charge in [-0.05, 0) is 57.9 Å². The van der Waals surface area contributed by atoms with Crippen LogP contribution in [0.1, 0.15) is 56.3 Å². The molecule has 0 saturated heterocycles. The van der Waals surface area contributed by atoms with E-state index in [1.807, 2.05) is 58.9 Å². The predicted octanol–water partition coefficient (Wildman–Crippen LogP) is 4.27. The number of sulfonamides is 1. The summed E-state index contributed by atoms with van der Waals surface area (Å²) in [6, 6.07) is 12.0. The molecule has 1 amide bonds. The summed E-state index contributed by atoms with van der Waals surface area (Å²) in [7, 11) is -3.67. The van der Waals surface area contributed by atoms with E-state index in [1.165, 1.54) is 4.31 Å². The molecule has 1 N–H and O–H groups in total. The average Bonchev–Trinajstić information content (AvgIpc) is 2.64. The van der Waals surface area contributed by atoms with E-state index < -0.39 is 21.7 Å². The minimum absolute atomic E-state index is 0.265. The average molecular weight is 445 g/mol. The zero-order valence-corrected chi connectivity index (χ0v) is 19.9. The van der Waals surface area contributed by atoms with Crippen LogP contribution in [0.5, 0.6) is 5.75 Å². The molecule has 0 fully saturated rings. The highest BCUT2D eigenvalue weighted by molar-refractivity contribution is 7.92. The Balaban J connectivity index is 1.96. The second-order valence-corrected chi connectivity index (χ2v) is 10.8. The van der Waals surface area contributed by atoms with E-state index in [1.54, 1.807) is 18.2 Å². The molecule has 2 aromatic carbocycles. The predicted molar refractivity (Wildman–Crippen MR) is 124 cm³/mol. The lowest BCUT2D eigenvalue weighted by Gasteiger charge is -2.39. The van der Waals surface area contributed by atoms with Gasteiger partial charge in [-0.25, -0.2) is 8.42 Å². The fourth-order valence-corrected chi connectivity index (χ4v) is 5.40. The molecular weight excluding hydrogens is 412 g/mol. The fourth-order valence-electron chi connectivity index (χ4n) is 4.20. The molecule has 1 aliphatic rings. The number of anilines is 1. The molecule has 6 nitrogen and oxygen atoms in total. The van der Waals surface area contributed by atoms with E-state index in [9.17, 15) is 13.2 Å². The third-order valence-corrected chi connectivity index (χ3v) is 6.70. The number of nitrogens with one attached hydrogen (secondary N) is 1. The van der Waals surface area contributed by atoms with E-state index in [0.717, 1.165) is 28.7 Å². The zero-order valence-electron chi connectivity index (χ0n) is 19.1. The maximum Gasteiger partial charge on any atom is 0.244 e. The SMILES string of the molecule is CCC(C(=O)NC1CC(C)(C)Oc2ccc(C)cc21)N(c1cccc(C)c1)S(C)(=O)=O. The molecule has 0 spiro atoms. The maximum atomic E-state index is 13.4. The summed E-state index contributed by atoms with van der Waals surface area (Å²) in [6.07, 6.45) is 2.08. The smallest absolute Gasteiger partial charge is 0.244 e. The van der Waals surface area contributed by atoms with Crippen molar-refractivity contribution in [1.82, 2.24) is 5.32 Å². The number of amides is 1. The van der Waals surface area contributed by atoms with Gasteiger partial charge in [0, 0.05) is 12.0 Å². The number of fused-ring (bicyclic) bond motifs is 1. The second-order valence-electron chi connectivity index (χ2n) is 8.99. The van der Waals surface area contributed by atoms with Crippen molar-refractivity contribution in [2.24, 2.45) is 0 Å². The molecule has 0 saturated carbocycles. The Bertz CT molecular complexity index is 1080. The normalized spacial score (nSPS) is 18.5. The van der Waals surface area contributed by atoms with Crippen LogP contribution in [-0.2, 0) is 14.8 Å². The summed E-state index contributed by atoms with van der Waals surface area (Å²) in [5, 5.41) is 3.12. The Morgan fingerprint density at radius 1 is 1.19 bits per heavy atom. The number of carbonyl (C=O) groups excluding carboxylic acids is 1. The van der Waals surface area contributed by atoms with E-state index >= 15 is 0 Å². The molecule has 2 atom stereocenters. The molecule has 0 aliphatic carbocycles. The van der Waals surface area contributed by atoms with Crippen LogP contribution < -0.4 is 14.4 Å². The van der Waals surface area contributed by atoms with E-state index in [-0.39, 0.29) is 11.9 Å². The zero-order chi connectivity index (χ0) is 23.0. The third-order valence-electron chi connectivity index (χ3n) is 5.53. The quantitative estimate of drug-likeness (QED) is 0.722. The number of rotatable bonds is 6. The molecule has 0 aromatic heterocycles. The summed E-state index contributed by atoms with van der Waals surface area (Å²) in [6.45, 7) is 9.69. The molecule has 0 bridgehead atoms. The van der Waals surface area contributed by atoms with Gasteiger partial charge in [0.05, 0.1) is 18.0 Å². The number of ether oxygens (including phenoxy) is 1. The maximum absolute atomic E-state index is 13.4. The first-order valence-electron chi connectivity index (χ1n) is 10.6. The molecular formula is C24H32N2O4S. The molecule has 168 valence electrons. The van der Waals surface area contributed by atoms with Crippen molar-refractivity contribution in [1.29, 1.82) is 0 Å². The Labute approximate surface area is 185 Å². The third kappa shape index (κ3) is 5.21. The number of aryl methyl sites for hydroxylation is 2. The number of nitrogens with zero attached hydrogens (tertiary/aromatic N) is 1. The molecule has 31 heavy (non-hydrogen) atoms. The van der Waals surface area contributed by atoms with Gasteiger partial charge < -0.3 is 10.1 Å². The largest absolute Gasteiger partial charge is 0.487 e. The van der Waals surface area contributed by atoms with Gasteiger partial charge in [-0.15, -0.1) is 0 Å². The molecule has 1 aliphatic heterocycles. The Morgan fingerprint density at radius 3 is 2.48 bits per heavy atom. The number of carbonyl (C=O) groups is 1. The number of benzene rings is 2. The minimum atomic E-state index is -3.67. The Kier molecular flexibility index (Phi) is 6.37. The summed E-state index contributed by atoms with van der Waals surface area (Å²) in [4.78, 5) is 13.4. The van der Waals surface area contributed by atoms with Crippen molar-refractivity contribution in [2.75, 3.05) is 10.6 Å². The van der Waals surface area contributed by atoms with Gasteiger partial charge in [-0.3, -0.25) is 9.10 Å². The molecule has 7 heteroatoms. The lowest BCUT2D eigenvalue weighted by molar-refractivity contribution is -0.123. The number of hydrogen-bond donors (Lipinski definition) is 1. The van der Waals surface area contributed by atoms with Gasteiger partial charge in [0.25, 0.3) is 0 Å².